The maximum Gasteiger partial charge on any atom is 0.303 e. The van der Waals surface area contributed by atoms with Crippen LogP contribution in [0.5, 0.6) is 5.75 Å². The van der Waals surface area contributed by atoms with Crippen LogP contribution in [0.2, 0.25) is 0 Å². The summed E-state index contributed by atoms with van der Waals surface area (Å²) in [7, 11) is 1.59. The van der Waals surface area contributed by atoms with Crippen LogP contribution in [-0.2, 0) is 11.2 Å². The summed E-state index contributed by atoms with van der Waals surface area (Å²) < 4.78 is 5.18. The van der Waals surface area contributed by atoms with Gasteiger partial charge < -0.3 is 14.8 Å². The van der Waals surface area contributed by atoms with Crippen molar-refractivity contribution in [2.24, 2.45) is 0 Å². The molecule has 2 aromatic carbocycles. The Morgan fingerprint density at radius 3 is 2.52 bits per heavy atom. The molecule has 1 heterocycles. The van der Waals surface area contributed by atoms with E-state index in [9.17, 15) is 9.59 Å². The molecule has 0 amide bonds. The number of rotatable bonds is 6. The summed E-state index contributed by atoms with van der Waals surface area (Å²) >= 11 is 0. The van der Waals surface area contributed by atoms with Crippen molar-refractivity contribution in [2.75, 3.05) is 7.11 Å². The Bertz CT molecular complexity index is 958. The highest BCUT2D eigenvalue weighted by Gasteiger charge is 2.15. The molecule has 0 saturated heterocycles. The van der Waals surface area contributed by atoms with Crippen LogP contribution in [0.1, 0.15) is 18.4 Å². The molecule has 5 nitrogen and oxygen atoms in total. The number of hydrogen-bond acceptors (Lipinski definition) is 3. The molecule has 3 rings (SSSR count). The highest BCUT2D eigenvalue weighted by Crippen LogP contribution is 2.28. The van der Waals surface area contributed by atoms with Gasteiger partial charge in [-0.2, -0.15) is 0 Å². The molecular weight excluding hydrogens is 318 g/mol. The number of nitrogens with one attached hydrogen (secondary N) is 1. The summed E-state index contributed by atoms with van der Waals surface area (Å²) in [5.41, 5.74) is 2.85. The molecule has 0 bridgehead atoms. The Hall–Kier alpha value is -3.08. The zero-order chi connectivity index (χ0) is 17.8. The van der Waals surface area contributed by atoms with E-state index in [0.717, 1.165) is 22.0 Å². The maximum absolute atomic E-state index is 12.7. The predicted molar refractivity (Wildman–Crippen MR) is 97.1 cm³/mol. The average Bonchev–Trinajstić information content (AvgIpc) is 2.61. The SMILES string of the molecule is COc1ccc(-c2c(CCCC(=O)O)c3ccccc3[nH]c2=O)cc1. The Morgan fingerprint density at radius 2 is 1.84 bits per heavy atom. The van der Waals surface area contributed by atoms with E-state index in [-0.39, 0.29) is 12.0 Å². The summed E-state index contributed by atoms with van der Waals surface area (Å²) in [6.45, 7) is 0. The van der Waals surface area contributed by atoms with E-state index >= 15 is 0 Å². The first-order chi connectivity index (χ1) is 12.1. The van der Waals surface area contributed by atoms with Crippen molar-refractivity contribution < 1.29 is 14.6 Å². The first-order valence-electron chi connectivity index (χ1n) is 8.10. The highest BCUT2D eigenvalue weighted by molar-refractivity contribution is 5.88. The topological polar surface area (TPSA) is 79.4 Å². The molecule has 1 aromatic heterocycles. The Labute approximate surface area is 144 Å². The van der Waals surface area contributed by atoms with Gasteiger partial charge in [0.25, 0.3) is 5.56 Å². The number of carboxylic acids is 1. The highest BCUT2D eigenvalue weighted by atomic mass is 16.5. The number of hydrogen-bond donors (Lipinski definition) is 2. The standard InChI is InChI=1S/C20H19NO4/c1-25-14-11-9-13(10-12-14)19-16(6-4-8-18(22)23)15-5-2-3-7-17(15)21-20(19)24/h2-3,5,7,9-12H,4,6,8H2,1H3,(H,21,24)(H,22,23). The lowest BCUT2D eigenvalue weighted by Gasteiger charge is -2.13. The number of aryl methyl sites for hydroxylation is 1. The van der Waals surface area contributed by atoms with E-state index in [0.29, 0.717) is 24.2 Å². The van der Waals surface area contributed by atoms with Crippen LogP contribution in [-0.4, -0.2) is 23.2 Å². The van der Waals surface area contributed by atoms with Crippen LogP contribution < -0.4 is 10.3 Å². The molecule has 0 aliphatic rings. The molecule has 0 aliphatic carbocycles. The second kappa shape index (κ2) is 7.21. The number of para-hydroxylation sites is 1. The minimum absolute atomic E-state index is 0.0726. The second-order valence-corrected chi connectivity index (χ2v) is 5.83. The number of aliphatic carboxylic acids is 1. The summed E-state index contributed by atoms with van der Waals surface area (Å²) in [5.74, 6) is -0.117. The number of methoxy groups -OCH3 is 1. The van der Waals surface area contributed by atoms with Crippen LogP contribution in [0.15, 0.2) is 53.3 Å². The lowest BCUT2D eigenvalue weighted by atomic mass is 9.94. The molecule has 0 radical (unpaired) electrons. The van der Waals surface area contributed by atoms with Gasteiger partial charge in [0.1, 0.15) is 5.75 Å². The molecule has 128 valence electrons. The van der Waals surface area contributed by atoms with Gasteiger partial charge >= 0.3 is 5.97 Å². The van der Waals surface area contributed by atoms with Crippen molar-refractivity contribution in [3.63, 3.8) is 0 Å². The predicted octanol–water partition coefficient (Wildman–Crippen LogP) is 3.61. The maximum atomic E-state index is 12.7. The first-order valence-corrected chi connectivity index (χ1v) is 8.10. The summed E-state index contributed by atoms with van der Waals surface area (Å²) in [6, 6.07) is 14.9. The molecule has 0 spiro atoms. The Balaban J connectivity index is 2.15. The molecule has 0 aliphatic heterocycles. The fourth-order valence-electron chi connectivity index (χ4n) is 3.05. The van der Waals surface area contributed by atoms with E-state index in [1.807, 2.05) is 48.5 Å². The average molecular weight is 337 g/mol. The van der Waals surface area contributed by atoms with Crippen LogP contribution in [0.25, 0.3) is 22.0 Å². The molecule has 0 unspecified atom stereocenters. The number of carboxylic acid groups (broad SMARTS) is 1. The van der Waals surface area contributed by atoms with Crippen molar-refractivity contribution in [3.8, 4) is 16.9 Å². The van der Waals surface area contributed by atoms with Gasteiger partial charge in [0, 0.05) is 17.3 Å². The van der Waals surface area contributed by atoms with Gasteiger partial charge in [-0.15, -0.1) is 0 Å². The second-order valence-electron chi connectivity index (χ2n) is 5.83. The third-order valence-electron chi connectivity index (χ3n) is 4.23. The minimum Gasteiger partial charge on any atom is -0.497 e. The molecule has 0 fully saturated rings. The lowest BCUT2D eigenvalue weighted by Crippen LogP contribution is -2.13. The quantitative estimate of drug-likeness (QED) is 0.720. The van der Waals surface area contributed by atoms with Crippen molar-refractivity contribution in [1.29, 1.82) is 0 Å². The molecule has 0 atom stereocenters. The molecular formula is C20H19NO4. The van der Waals surface area contributed by atoms with Crippen LogP contribution in [0.4, 0.5) is 0 Å². The minimum atomic E-state index is -0.833. The first kappa shape index (κ1) is 16.8. The zero-order valence-corrected chi connectivity index (χ0v) is 13.9. The van der Waals surface area contributed by atoms with Gasteiger partial charge in [0.2, 0.25) is 0 Å². The number of aromatic amines is 1. The van der Waals surface area contributed by atoms with Gasteiger partial charge in [0.15, 0.2) is 0 Å². The van der Waals surface area contributed by atoms with Crippen molar-refractivity contribution in [1.82, 2.24) is 4.98 Å². The normalized spacial score (nSPS) is 10.8. The van der Waals surface area contributed by atoms with Gasteiger partial charge in [-0.05, 0) is 42.2 Å². The number of aromatic nitrogens is 1. The molecule has 25 heavy (non-hydrogen) atoms. The monoisotopic (exact) mass is 337 g/mol. The van der Waals surface area contributed by atoms with Gasteiger partial charge in [0.05, 0.1) is 12.7 Å². The van der Waals surface area contributed by atoms with Crippen LogP contribution >= 0.6 is 0 Å². The van der Waals surface area contributed by atoms with Gasteiger partial charge in [-0.3, -0.25) is 9.59 Å². The Kier molecular flexibility index (Phi) is 4.84. The number of benzene rings is 2. The number of carbonyl (C=O) groups is 1. The third kappa shape index (κ3) is 3.55. The summed E-state index contributed by atoms with van der Waals surface area (Å²) in [6.07, 6.45) is 1.08. The fraction of sp³-hybridized carbons (Fsp3) is 0.200. The molecule has 5 heteroatoms. The summed E-state index contributed by atoms with van der Waals surface area (Å²) in [5, 5.41) is 9.86. The number of pyridine rings is 1. The van der Waals surface area contributed by atoms with Crippen molar-refractivity contribution in [2.45, 2.75) is 19.3 Å². The van der Waals surface area contributed by atoms with E-state index in [1.165, 1.54) is 0 Å². The summed E-state index contributed by atoms with van der Waals surface area (Å²) in [4.78, 5) is 26.5. The largest absolute Gasteiger partial charge is 0.497 e. The fourth-order valence-corrected chi connectivity index (χ4v) is 3.05. The van der Waals surface area contributed by atoms with Crippen molar-refractivity contribution >= 4 is 16.9 Å². The smallest absolute Gasteiger partial charge is 0.303 e. The van der Waals surface area contributed by atoms with Crippen molar-refractivity contribution in [3.05, 3.63) is 64.4 Å². The number of fused-ring (bicyclic) bond motifs is 1. The number of ether oxygens (including phenoxy) is 1. The third-order valence-corrected chi connectivity index (χ3v) is 4.23. The zero-order valence-electron chi connectivity index (χ0n) is 13.9. The van der Waals surface area contributed by atoms with E-state index in [1.54, 1.807) is 7.11 Å². The molecule has 2 N–H and O–H groups in total. The Morgan fingerprint density at radius 1 is 1.12 bits per heavy atom. The van der Waals surface area contributed by atoms with Crippen LogP contribution in [0.3, 0.4) is 0 Å². The van der Waals surface area contributed by atoms with E-state index in [4.69, 9.17) is 9.84 Å². The van der Waals surface area contributed by atoms with E-state index in [2.05, 4.69) is 4.98 Å². The van der Waals surface area contributed by atoms with E-state index < -0.39 is 5.97 Å². The number of H-pyrrole nitrogens is 1. The van der Waals surface area contributed by atoms with Gasteiger partial charge in [-0.25, -0.2) is 0 Å². The lowest BCUT2D eigenvalue weighted by molar-refractivity contribution is -0.137. The van der Waals surface area contributed by atoms with Gasteiger partial charge in [-0.1, -0.05) is 30.3 Å². The molecule has 3 aromatic rings. The van der Waals surface area contributed by atoms with Crippen LogP contribution in [0, 0.1) is 0 Å². The molecule has 0 saturated carbocycles.